The lowest BCUT2D eigenvalue weighted by atomic mass is 10.4. The molecule has 16 heavy (non-hydrogen) atoms. The molecule has 0 N–H and O–H groups in total. The van der Waals surface area contributed by atoms with Crippen LogP contribution in [0.15, 0.2) is 46.7 Å². The van der Waals surface area contributed by atoms with Crippen LogP contribution >= 0.6 is 33.3 Å². The molecular formula is C13H18S3. The highest BCUT2D eigenvalue weighted by molar-refractivity contribution is 8.77. The Morgan fingerprint density at radius 2 is 2.00 bits per heavy atom. The van der Waals surface area contributed by atoms with E-state index in [4.69, 9.17) is 0 Å². The van der Waals surface area contributed by atoms with Gasteiger partial charge in [-0.2, -0.15) is 0 Å². The van der Waals surface area contributed by atoms with Crippen molar-refractivity contribution in [3.05, 3.63) is 41.8 Å². The molecule has 0 aliphatic carbocycles. The average Bonchev–Trinajstić information content (AvgIpc) is 2.34. The second-order valence-electron chi connectivity index (χ2n) is 3.27. The average molecular weight is 270 g/mol. The maximum atomic E-state index is 2.24. The van der Waals surface area contributed by atoms with Crippen LogP contribution in [0.2, 0.25) is 0 Å². The van der Waals surface area contributed by atoms with Gasteiger partial charge in [0.2, 0.25) is 0 Å². The third-order valence-electron chi connectivity index (χ3n) is 1.89. The minimum absolute atomic E-state index is 1.06. The van der Waals surface area contributed by atoms with Gasteiger partial charge in [0.25, 0.3) is 0 Å². The predicted octanol–water partition coefficient (Wildman–Crippen LogP) is 5.47. The number of rotatable bonds is 8. The zero-order chi connectivity index (χ0) is 11.5. The first kappa shape index (κ1) is 14.1. The van der Waals surface area contributed by atoms with Crippen molar-refractivity contribution in [1.82, 2.24) is 0 Å². The third kappa shape index (κ3) is 7.31. The first-order valence-corrected chi connectivity index (χ1v) is 8.91. The van der Waals surface area contributed by atoms with Crippen LogP contribution in [0.25, 0.3) is 0 Å². The summed E-state index contributed by atoms with van der Waals surface area (Å²) < 4.78 is 0. The topological polar surface area (TPSA) is 0 Å². The molecule has 0 bridgehead atoms. The van der Waals surface area contributed by atoms with Crippen LogP contribution in [-0.4, -0.2) is 11.5 Å². The smallest absolute Gasteiger partial charge is 0.0169 e. The Hall–Kier alpha value is 0.01000. The fourth-order valence-corrected chi connectivity index (χ4v) is 3.76. The van der Waals surface area contributed by atoms with Crippen molar-refractivity contribution in [2.75, 3.05) is 11.5 Å². The van der Waals surface area contributed by atoms with Crippen molar-refractivity contribution in [2.45, 2.75) is 24.7 Å². The maximum absolute atomic E-state index is 2.24. The molecule has 0 fully saturated rings. The van der Waals surface area contributed by atoms with Gasteiger partial charge in [-0.05, 0) is 24.0 Å². The van der Waals surface area contributed by atoms with Gasteiger partial charge in [0.15, 0.2) is 0 Å². The van der Waals surface area contributed by atoms with Crippen LogP contribution in [0, 0.1) is 0 Å². The van der Waals surface area contributed by atoms with E-state index in [2.05, 4.69) is 48.7 Å². The van der Waals surface area contributed by atoms with E-state index < -0.39 is 0 Å². The molecule has 0 amide bonds. The van der Waals surface area contributed by atoms with E-state index >= 15 is 0 Å². The molecule has 1 rings (SSSR count). The summed E-state index contributed by atoms with van der Waals surface area (Å²) in [5, 5.41) is 2.20. The molecule has 0 unspecified atom stereocenters. The first-order valence-electron chi connectivity index (χ1n) is 5.54. The van der Waals surface area contributed by atoms with Gasteiger partial charge in [0.1, 0.15) is 0 Å². The van der Waals surface area contributed by atoms with Crippen molar-refractivity contribution >= 4 is 33.3 Å². The van der Waals surface area contributed by atoms with Gasteiger partial charge in [-0.25, -0.2) is 0 Å². The normalized spacial score (nSPS) is 11.1. The Balaban J connectivity index is 2.00. The molecule has 0 aromatic heterocycles. The quantitative estimate of drug-likeness (QED) is 0.349. The SMILES string of the molecule is CCCCSS/C=C\CSc1ccccc1. The Morgan fingerprint density at radius 3 is 2.75 bits per heavy atom. The second-order valence-corrected chi connectivity index (χ2v) is 6.75. The van der Waals surface area contributed by atoms with Crippen molar-refractivity contribution in [1.29, 1.82) is 0 Å². The maximum Gasteiger partial charge on any atom is 0.0169 e. The van der Waals surface area contributed by atoms with E-state index in [1.54, 1.807) is 0 Å². The fourth-order valence-electron chi connectivity index (χ4n) is 1.03. The minimum atomic E-state index is 1.06. The Bertz CT molecular complexity index is 282. The summed E-state index contributed by atoms with van der Waals surface area (Å²) in [7, 11) is 3.80. The van der Waals surface area contributed by atoms with Gasteiger partial charge < -0.3 is 0 Å². The highest BCUT2D eigenvalue weighted by Crippen LogP contribution is 2.24. The van der Waals surface area contributed by atoms with Crippen molar-refractivity contribution in [2.24, 2.45) is 0 Å². The summed E-state index contributed by atoms with van der Waals surface area (Å²) in [6.07, 6.45) is 4.85. The summed E-state index contributed by atoms with van der Waals surface area (Å²) in [4.78, 5) is 1.34. The van der Waals surface area contributed by atoms with Crippen molar-refractivity contribution in [3.63, 3.8) is 0 Å². The van der Waals surface area contributed by atoms with Crippen LogP contribution < -0.4 is 0 Å². The molecule has 0 saturated heterocycles. The summed E-state index contributed by atoms with van der Waals surface area (Å²) >= 11 is 1.88. The van der Waals surface area contributed by atoms with E-state index in [0.717, 1.165) is 5.75 Å². The zero-order valence-corrected chi connectivity index (χ0v) is 12.0. The van der Waals surface area contributed by atoms with E-state index in [-0.39, 0.29) is 0 Å². The largest absolute Gasteiger partial charge is 0.122 e. The van der Waals surface area contributed by atoms with Gasteiger partial charge >= 0.3 is 0 Å². The Kier molecular flexibility index (Phi) is 8.96. The molecule has 0 aliphatic rings. The Morgan fingerprint density at radius 1 is 1.19 bits per heavy atom. The van der Waals surface area contributed by atoms with E-state index in [9.17, 15) is 0 Å². The standard InChI is InChI=1S/C13H18S3/c1-2-3-11-15-16-12-7-10-14-13-8-5-4-6-9-13/h4-9,12H,2-3,10-11H2,1H3/b12-7-. The Labute approximate surface area is 111 Å². The molecule has 0 heterocycles. The molecule has 88 valence electrons. The molecule has 0 spiro atoms. The van der Waals surface area contributed by atoms with Crippen LogP contribution in [-0.2, 0) is 0 Å². The van der Waals surface area contributed by atoms with Crippen molar-refractivity contribution < 1.29 is 0 Å². The van der Waals surface area contributed by atoms with Crippen LogP contribution in [0.5, 0.6) is 0 Å². The monoisotopic (exact) mass is 270 g/mol. The lowest BCUT2D eigenvalue weighted by molar-refractivity contribution is 0.898. The first-order chi connectivity index (χ1) is 7.93. The lowest BCUT2D eigenvalue weighted by Crippen LogP contribution is -1.72. The number of benzene rings is 1. The fraction of sp³-hybridized carbons (Fsp3) is 0.385. The summed E-state index contributed by atoms with van der Waals surface area (Å²) in [5.41, 5.74) is 0. The number of hydrogen-bond donors (Lipinski definition) is 0. The van der Waals surface area contributed by atoms with E-state index in [1.807, 2.05) is 33.3 Å². The van der Waals surface area contributed by atoms with E-state index in [0.29, 0.717) is 0 Å². The molecule has 1 aromatic carbocycles. The molecule has 0 aliphatic heterocycles. The van der Waals surface area contributed by atoms with Crippen molar-refractivity contribution in [3.8, 4) is 0 Å². The third-order valence-corrected chi connectivity index (χ3v) is 4.99. The molecule has 1 aromatic rings. The van der Waals surface area contributed by atoms with Gasteiger partial charge in [-0.3, -0.25) is 0 Å². The number of unbranched alkanes of at least 4 members (excludes halogenated alkanes) is 1. The molecule has 0 nitrogen and oxygen atoms in total. The van der Waals surface area contributed by atoms with Crippen LogP contribution in [0.4, 0.5) is 0 Å². The summed E-state index contributed by atoms with van der Waals surface area (Å²) in [5.74, 6) is 2.32. The van der Waals surface area contributed by atoms with Gasteiger partial charge in [0.05, 0.1) is 0 Å². The summed E-state index contributed by atoms with van der Waals surface area (Å²) in [6, 6.07) is 10.5. The molecule has 3 heteroatoms. The zero-order valence-electron chi connectivity index (χ0n) is 9.59. The minimum Gasteiger partial charge on any atom is -0.122 e. The molecule has 0 radical (unpaired) electrons. The van der Waals surface area contributed by atoms with Crippen LogP contribution in [0.1, 0.15) is 19.8 Å². The number of hydrogen-bond acceptors (Lipinski definition) is 3. The van der Waals surface area contributed by atoms with Crippen LogP contribution in [0.3, 0.4) is 0 Å². The van der Waals surface area contributed by atoms with E-state index in [1.165, 1.54) is 23.5 Å². The number of thioether (sulfide) groups is 1. The molecule has 0 atom stereocenters. The highest BCUT2D eigenvalue weighted by atomic mass is 33.1. The predicted molar refractivity (Wildman–Crippen MR) is 81.3 cm³/mol. The second kappa shape index (κ2) is 10.2. The highest BCUT2D eigenvalue weighted by Gasteiger charge is 1.89. The lowest BCUT2D eigenvalue weighted by Gasteiger charge is -1.96. The van der Waals surface area contributed by atoms with Gasteiger partial charge in [0, 0.05) is 16.4 Å². The van der Waals surface area contributed by atoms with Gasteiger partial charge in [-0.15, -0.1) is 11.8 Å². The summed E-state index contributed by atoms with van der Waals surface area (Å²) in [6.45, 7) is 2.23. The molecular weight excluding hydrogens is 252 g/mol. The molecule has 0 saturated carbocycles. The van der Waals surface area contributed by atoms with Gasteiger partial charge in [-0.1, -0.05) is 59.2 Å².